The first-order valence-corrected chi connectivity index (χ1v) is 6.92. The van der Waals surface area contributed by atoms with Gasteiger partial charge in [0, 0.05) is 23.9 Å². The van der Waals surface area contributed by atoms with Crippen LogP contribution >= 0.6 is 11.6 Å². The molecule has 2 aromatic heterocycles. The number of hydrogen-bond donors (Lipinski definition) is 0. The standard InChI is InChI=1S/C15H12ClN3O2/c1-10-6-7-18-13(9-16)15(17-14(18)8-10)11-2-4-12(5-3-11)19(20)21/h2-8H,9H2,1H3. The van der Waals surface area contributed by atoms with Crippen molar-refractivity contribution in [2.75, 3.05) is 0 Å². The molecular weight excluding hydrogens is 290 g/mol. The van der Waals surface area contributed by atoms with E-state index in [9.17, 15) is 10.1 Å². The second-order valence-corrected chi connectivity index (χ2v) is 5.04. The minimum absolute atomic E-state index is 0.0609. The summed E-state index contributed by atoms with van der Waals surface area (Å²) in [4.78, 5) is 14.9. The highest BCUT2D eigenvalue weighted by atomic mass is 35.5. The first-order chi connectivity index (χ1) is 10.1. The predicted molar refractivity (Wildman–Crippen MR) is 81.6 cm³/mol. The number of rotatable bonds is 3. The van der Waals surface area contributed by atoms with Crippen LogP contribution in [-0.2, 0) is 5.88 Å². The molecule has 0 aliphatic heterocycles. The Morgan fingerprint density at radius 1 is 1.29 bits per heavy atom. The maximum Gasteiger partial charge on any atom is 0.269 e. The van der Waals surface area contributed by atoms with Crippen molar-refractivity contribution in [3.63, 3.8) is 0 Å². The summed E-state index contributed by atoms with van der Waals surface area (Å²) in [5.41, 5.74) is 4.44. The van der Waals surface area contributed by atoms with Crippen LogP contribution in [0.2, 0.25) is 0 Å². The molecule has 21 heavy (non-hydrogen) atoms. The van der Waals surface area contributed by atoms with Crippen molar-refractivity contribution in [2.24, 2.45) is 0 Å². The van der Waals surface area contributed by atoms with E-state index in [1.165, 1.54) is 12.1 Å². The van der Waals surface area contributed by atoms with Crippen molar-refractivity contribution < 1.29 is 4.92 Å². The van der Waals surface area contributed by atoms with Gasteiger partial charge in [-0.2, -0.15) is 0 Å². The van der Waals surface area contributed by atoms with Crippen LogP contribution in [0.15, 0.2) is 42.6 Å². The van der Waals surface area contributed by atoms with Crippen molar-refractivity contribution in [3.8, 4) is 11.3 Å². The van der Waals surface area contributed by atoms with Crippen molar-refractivity contribution in [3.05, 3.63) is 64.0 Å². The number of fused-ring (bicyclic) bond motifs is 1. The van der Waals surface area contributed by atoms with Crippen molar-refractivity contribution >= 4 is 22.9 Å². The second-order valence-electron chi connectivity index (χ2n) is 4.78. The number of pyridine rings is 1. The molecule has 0 atom stereocenters. The van der Waals surface area contributed by atoms with Crippen LogP contribution in [-0.4, -0.2) is 14.3 Å². The lowest BCUT2D eigenvalue weighted by Gasteiger charge is -2.01. The molecule has 3 rings (SSSR count). The molecule has 2 heterocycles. The molecule has 0 bridgehead atoms. The van der Waals surface area contributed by atoms with Crippen LogP contribution in [0.3, 0.4) is 0 Å². The van der Waals surface area contributed by atoms with E-state index in [0.717, 1.165) is 28.2 Å². The summed E-state index contributed by atoms with van der Waals surface area (Å²) >= 11 is 6.05. The quantitative estimate of drug-likeness (QED) is 0.418. The van der Waals surface area contributed by atoms with E-state index in [1.807, 2.05) is 29.7 Å². The third kappa shape index (κ3) is 2.36. The topological polar surface area (TPSA) is 60.4 Å². The molecule has 3 aromatic rings. The summed E-state index contributed by atoms with van der Waals surface area (Å²) in [6.45, 7) is 2.00. The Morgan fingerprint density at radius 3 is 2.62 bits per heavy atom. The largest absolute Gasteiger partial charge is 0.302 e. The molecule has 0 amide bonds. The molecule has 0 spiro atoms. The van der Waals surface area contributed by atoms with Crippen LogP contribution in [0.5, 0.6) is 0 Å². The number of nitrogens with zero attached hydrogens (tertiary/aromatic N) is 3. The van der Waals surface area contributed by atoms with Gasteiger partial charge in [-0.1, -0.05) is 0 Å². The Morgan fingerprint density at radius 2 is 2.00 bits per heavy atom. The maximum atomic E-state index is 10.7. The Hall–Kier alpha value is -2.40. The number of imidazole rings is 1. The van der Waals surface area contributed by atoms with Crippen LogP contribution in [0.25, 0.3) is 16.9 Å². The third-order valence-corrected chi connectivity index (χ3v) is 3.61. The number of alkyl halides is 1. The fourth-order valence-electron chi connectivity index (χ4n) is 2.30. The summed E-state index contributed by atoms with van der Waals surface area (Å²) in [6.07, 6.45) is 1.93. The molecule has 0 unspecified atom stereocenters. The number of benzene rings is 1. The van der Waals surface area contributed by atoms with E-state index in [1.54, 1.807) is 12.1 Å². The van der Waals surface area contributed by atoms with Gasteiger partial charge in [-0.15, -0.1) is 11.6 Å². The summed E-state index contributed by atoms with van der Waals surface area (Å²) in [7, 11) is 0. The smallest absolute Gasteiger partial charge is 0.269 e. The highest BCUT2D eigenvalue weighted by molar-refractivity contribution is 6.17. The number of aryl methyl sites for hydroxylation is 1. The zero-order valence-corrected chi connectivity index (χ0v) is 12.0. The van der Waals surface area contributed by atoms with Gasteiger partial charge >= 0.3 is 0 Å². The van der Waals surface area contributed by atoms with E-state index in [2.05, 4.69) is 4.98 Å². The minimum atomic E-state index is -0.417. The van der Waals surface area contributed by atoms with E-state index in [-0.39, 0.29) is 5.69 Å². The van der Waals surface area contributed by atoms with Gasteiger partial charge in [-0.25, -0.2) is 4.98 Å². The summed E-state index contributed by atoms with van der Waals surface area (Å²) in [5, 5.41) is 10.7. The number of nitro benzene ring substituents is 1. The van der Waals surface area contributed by atoms with Gasteiger partial charge in [0.05, 0.1) is 22.2 Å². The SMILES string of the molecule is Cc1ccn2c(CCl)c(-c3ccc([N+](=O)[O-])cc3)nc2c1. The lowest BCUT2D eigenvalue weighted by Crippen LogP contribution is -1.92. The molecule has 5 nitrogen and oxygen atoms in total. The first kappa shape index (κ1) is 13.6. The Labute approximate surface area is 126 Å². The number of hydrogen-bond acceptors (Lipinski definition) is 3. The molecule has 6 heteroatoms. The molecule has 0 saturated heterocycles. The zero-order chi connectivity index (χ0) is 15.0. The average molecular weight is 302 g/mol. The molecule has 0 fully saturated rings. The van der Waals surface area contributed by atoms with E-state index in [0.29, 0.717) is 5.88 Å². The molecule has 0 aliphatic rings. The molecule has 1 aromatic carbocycles. The van der Waals surface area contributed by atoms with Gasteiger partial charge in [-0.3, -0.25) is 10.1 Å². The molecule has 106 valence electrons. The number of halogens is 1. The van der Waals surface area contributed by atoms with Crippen LogP contribution < -0.4 is 0 Å². The highest BCUT2D eigenvalue weighted by Gasteiger charge is 2.14. The van der Waals surface area contributed by atoms with Gasteiger partial charge in [0.1, 0.15) is 5.65 Å². The molecule has 0 aliphatic carbocycles. The lowest BCUT2D eigenvalue weighted by molar-refractivity contribution is -0.384. The molecule has 0 N–H and O–H groups in total. The zero-order valence-electron chi connectivity index (χ0n) is 11.3. The molecule has 0 saturated carbocycles. The third-order valence-electron chi connectivity index (χ3n) is 3.36. The second kappa shape index (κ2) is 5.18. The summed E-state index contributed by atoms with van der Waals surface area (Å²) in [5.74, 6) is 0.316. The van der Waals surface area contributed by atoms with Crippen molar-refractivity contribution in [1.29, 1.82) is 0 Å². The summed E-state index contributed by atoms with van der Waals surface area (Å²) in [6, 6.07) is 10.3. The fourth-order valence-corrected chi connectivity index (χ4v) is 2.55. The normalized spacial score (nSPS) is 11.0. The Kier molecular flexibility index (Phi) is 3.35. The Bertz CT molecular complexity index is 825. The number of nitro groups is 1. The lowest BCUT2D eigenvalue weighted by atomic mass is 10.1. The maximum absolute atomic E-state index is 10.7. The van der Waals surface area contributed by atoms with E-state index < -0.39 is 4.92 Å². The first-order valence-electron chi connectivity index (χ1n) is 6.38. The van der Waals surface area contributed by atoms with Gasteiger partial charge in [0.15, 0.2) is 0 Å². The Balaban J connectivity index is 2.17. The van der Waals surface area contributed by atoms with E-state index >= 15 is 0 Å². The number of non-ortho nitro benzene ring substituents is 1. The molecule has 0 radical (unpaired) electrons. The van der Waals surface area contributed by atoms with Gasteiger partial charge in [0.2, 0.25) is 0 Å². The minimum Gasteiger partial charge on any atom is -0.302 e. The van der Waals surface area contributed by atoms with Crippen LogP contribution in [0.4, 0.5) is 5.69 Å². The highest BCUT2D eigenvalue weighted by Crippen LogP contribution is 2.27. The monoisotopic (exact) mass is 301 g/mol. The van der Waals surface area contributed by atoms with Gasteiger partial charge < -0.3 is 4.40 Å². The predicted octanol–water partition coefficient (Wildman–Crippen LogP) is 3.96. The average Bonchev–Trinajstić information content (AvgIpc) is 2.84. The molecular formula is C15H12ClN3O2. The van der Waals surface area contributed by atoms with Gasteiger partial charge in [-0.05, 0) is 36.8 Å². The van der Waals surface area contributed by atoms with Crippen molar-refractivity contribution in [1.82, 2.24) is 9.38 Å². The fraction of sp³-hybridized carbons (Fsp3) is 0.133. The van der Waals surface area contributed by atoms with Crippen LogP contribution in [0, 0.1) is 17.0 Å². The summed E-state index contributed by atoms with van der Waals surface area (Å²) < 4.78 is 1.94. The van der Waals surface area contributed by atoms with Gasteiger partial charge in [0.25, 0.3) is 5.69 Å². The van der Waals surface area contributed by atoms with Crippen LogP contribution in [0.1, 0.15) is 11.3 Å². The van der Waals surface area contributed by atoms with Crippen molar-refractivity contribution in [2.45, 2.75) is 12.8 Å². The number of aromatic nitrogens is 2. The van der Waals surface area contributed by atoms with E-state index in [4.69, 9.17) is 11.6 Å².